The average Bonchev–Trinajstić information content (AvgIpc) is 2.48. The Balaban J connectivity index is 1.85. The van der Waals surface area contributed by atoms with Gasteiger partial charge in [0.15, 0.2) is 0 Å². The number of rotatable bonds is 9. The second-order valence-electron chi connectivity index (χ2n) is 3.91. The molecular weight excluding hydrogens is 318 g/mol. The summed E-state index contributed by atoms with van der Waals surface area (Å²) in [7, 11) is 1.81. The van der Waals surface area contributed by atoms with Gasteiger partial charge in [0, 0.05) is 21.3 Å². The lowest BCUT2D eigenvalue weighted by Gasteiger charge is -2.28. The van der Waals surface area contributed by atoms with Crippen molar-refractivity contribution in [1.82, 2.24) is 0 Å². The molecule has 0 amide bonds. The van der Waals surface area contributed by atoms with E-state index in [-0.39, 0.29) is 6.10 Å². The van der Waals surface area contributed by atoms with E-state index < -0.39 is 17.2 Å². The third kappa shape index (κ3) is 5.31. The van der Waals surface area contributed by atoms with Crippen LogP contribution in [0.25, 0.3) is 0 Å². The quantitative estimate of drug-likeness (QED) is 0.641. The molecule has 118 valence electrons. The van der Waals surface area contributed by atoms with Crippen LogP contribution in [0.3, 0.4) is 0 Å². The molecule has 1 fully saturated rings. The first-order valence-electron chi connectivity index (χ1n) is 6.18. The summed E-state index contributed by atoms with van der Waals surface area (Å²) >= 11 is 0. The molecule has 0 saturated carbocycles. The number of hydrogen-bond acceptors (Lipinski definition) is 7. The summed E-state index contributed by atoms with van der Waals surface area (Å²) < 4.78 is 37.0. The van der Waals surface area contributed by atoms with Crippen LogP contribution in [-0.2, 0) is 22.8 Å². The van der Waals surface area contributed by atoms with Crippen molar-refractivity contribution in [2.24, 2.45) is 0 Å². The Labute approximate surface area is 126 Å². The van der Waals surface area contributed by atoms with Gasteiger partial charge < -0.3 is 27.4 Å². The Morgan fingerprint density at radius 3 is 1.71 bits per heavy atom. The molecule has 0 radical (unpaired) electrons. The maximum atomic E-state index is 5.63. The van der Waals surface area contributed by atoms with E-state index in [0.29, 0.717) is 24.7 Å². The van der Waals surface area contributed by atoms with Crippen LogP contribution >= 0.6 is 17.2 Å². The molecule has 0 bridgehead atoms. The average molecular weight is 336 g/mol. The Morgan fingerprint density at radius 2 is 1.33 bits per heavy atom. The minimum absolute atomic E-state index is 0.0469. The molecule has 21 heavy (non-hydrogen) atoms. The first-order chi connectivity index (χ1) is 10.2. The van der Waals surface area contributed by atoms with Crippen LogP contribution in [0.2, 0.25) is 0 Å². The summed E-state index contributed by atoms with van der Waals surface area (Å²) in [5.74, 6) is 1.27. The zero-order valence-electron chi connectivity index (χ0n) is 12.1. The third-order valence-electron chi connectivity index (χ3n) is 2.47. The zero-order chi connectivity index (χ0) is 15.1. The van der Waals surface area contributed by atoms with Gasteiger partial charge >= 0.3 is 17.2 Å². The summed E-state index contributed by atoms with van der Waals surface area (Å²) in [6.45, 7) is 1.16. The Morgan fingerprint density at radius 1 is 0.857 bits per heavy atom. The lowest BCUT2D eigenvalue weighted by atomic mass is 10.3. The highest BCUT2D eigenvalue weighted by atomic mass is 31.2. The fraction of sp³-hybridized carbons (Fsp3) is 0.500. The van der Waals surface area contributed by atoms with Crippen LogP contribution < -0.4 is 9.05 Å². The van der Waals surface area contributed by atoms with Crippen molar-refractivity contribution in [3.05, 3.63) is 24.3 Å². The van der Waals surface area contributed by atoms with Crippen LogP contribution in [-0.4, -0.2) is 40.6 Å². The van der Waals surface area contributed by atoms with Crippen molar-refractivity contribution in [2.45, 2.75) is 6.10 Å². The fourth-order valence-corrected chi connectivity index (χ4v) is 2.84. The topological polar surface area (TPSA) is 64.6 Å². The molecule has 1 aliphatic rings. The molecule has 1 atom stereocenters. The minimum atomic E-state index is -1.43. The number of ether oxygens (including phenoxy) is 1. The minimum Gasteiger partial charge on any atom is -0.427 e. The SMILES string of the molecule is COP(OC)Oc1ccc(OP(OC)OC2COC2)cc1. The summed E-state index contributed by atoms with van der Waals surface area (Å²) in [5.41, 5.74) is 0. The van der Waals surface area contributed by atoms with E-state index in [1.54, 1.807) is 31.4 Å². The van der Waals surface area contributed by atoms with Gasteiger partial charge in [-0.05, 0) is 24.3 Å². The van der Waals surface area contributed by atoms with E-state index in [0.717, 1.165) is 0 Å². The first kappa shape index (κ1) is 16.8. The lowest BCUT2D eigenvalue weighted by Crippen LogP contribution is -2.35. The van der Waals surface area contributed by atoms with Gasteiger partial charge in [0.1, 0.15) is 17.6 Å². The lowest BCUT2D eigenvalue weighted by molar-refractivity contribution is -0.0837. The highest BCUT2D eigenvalue weighted by Gasteiger charge is 2.26. The largest absolute Gasteiger partial charge is 0.427 e. The summed E-state index contributed by atoms with van der Waals surface area (Å²) in [4.78, 5) is 0. The van der Waals surface area contributed by atoms with E-state index in [1.165, 1.54) is 14.2 Å². The van der Waals surface area contributed by atoms with E-state index >= 15 is 0 Å². The fourth-order valence-electron chi connectivity index (χ4n) is 1.38. The van der Waals surface area contributed by atoms with Gasteiger partial charge in [-0.15, -0.1) is 0 Å². The van der Waals surface area contributed by atoms with Crippen LogP contribution in [0.5, 0.6) is 11.5 Å². The molecule has 7 nitrogen and oxygen atoms in total. The standard InChI is InChI=1S/C12H18O7P2/c1-13-20(14-2)17-10-4-6-11(7-5-10)18-21(15-3)19-12-8-16-9-12/h4-7,12H,8-9H2,1-3H3. The van der Waals surface area contributed by atoms with Crippen molar-refractivity contribution in [3.8, 4) is 11.5 Å². The third-order valence-corrected chi connectivity index (χ3v) is 4.56. The van der Waals surface area contributed by atoms with Crippen LogP contribution in [0.4, 0.5) is 0 Å². The molecule has 1 aromatic rings. The van der Waals surface area contributed by atoms with Gasteiger partial charge in [-0.1, -0.05) is 0 Å². The van der Waals surface area contributed by atoms with E-state index in [4.69, 9.17) is 31.9 Å². The van der Waals surface area contributed by atoms with Gasteiger partial charge in [0.25, 0.3) is 0 Å². The second kappa shape index (κ2) is 8.81. The predicted octanol–water partition coefficient (Wildman–Crippen LogP) is 3.25. The number of hydrogen-bond donors (Lipinski definition) is 0. The predicted molar refractivity (Wildman–Crippen MR) is 78.3 cm³/mol. The summed E-state index contributed by atoms with van der Waals surface area (Å²) in [5, 5.41) is 0. The van der Waals surface area contributed by atoms with Crippen LogP contribution in [0, 0.1) is 0 Å². The molecule has 0 N–H and O–H groups in total. The van der Waals surface area contributed by atoms with Crippen molar-refractivity contribution in [1.29, 1.82) is 0 Å². The molecule has 1 saturated heterocycles. The van der Waals surface area contributed by atoms with Gasteiger partial charge in [-0.25, -0.2) is 0 Å². The van der Waals surface area contributed by atoms with Crippen molar-refractivity contribution < 1.29 is 31.9 Å². The second-order valence-corrected chi connectivity index (χ2v) is 6.48. The van der Waals surface area contributed by atoms with Gasteiger partial charge in [-0.3, -0.25) is 4.52 Å². The van der Waals surface area contributed by atoms with Crippen molar-refractivity contribution in [3.63, 3.8) is 0 Å². The van der Waals surface area contributed by atoms with Crippen LogP contribution in [0.15, 0.2) is 24.3 Å². The smallest absolute Gasteiger partial charge is 0.397 e. The van der Waals surface area contributed by atoms with Crippen molar-refractivity contribution in [2.75, 3.05) is 34.5 Å². The molecule has 0 aliphatic carbocycles. The molecule has 0 spiro atoms. The Kier molecular flexibility index (Phi) is 7.07. The summed E-state index contributed by atoms with van der Waals surface area (Å²) in [6.07, 6.45) is 0.0469. The molecule has 1 aromatic carbocycles. The maximum absolute atomic E-state index is 5.63. The first-order valence-corrected chi connectivity index (χ1v) is 8.37. The van der Waals surface area contributed by atoms with E-state index in [1.807, 2.05) is 0 Å². The van der Waals surface area contributed by atoms with Crippen LogP contribution in [0.1, 0.15) is 0 Å². The zero-order valence-corrected chi connectivity index (χ0v) is 13.8. The van der Waals surface area contributed by atoms with E-state index in [2.05, 4.69) is 0 Å². The Bertz CT molecular complexity index is 409. The van der Waals surface area contributed by atoms with Gasteiger partial charge in [-0.2, -0.15) is 0 Å². The van der Waals surface area contributed by atoms with Gasteiger partial charge in [0.05, 0.1) is 13.2 Å². The summed E-state index contributed by atoms with van der Waals surface area (Å²) in [6, 6.07) is 7.06. The highest BCUT2D eigenvalue weighted by Crippen LogP contribution is 2.43. The molecular formula is C12H18O7P2. The van der Waals surface area contributed by atoms with Gasteiger partial charge in [0.2, 0.25) is 0 Å². The molecule has 1 aliphatic heterocycles. The Hall–Kier alpha value is -0.520. The highest BCUT2D eigenvalue weighted by molar-refractivity contribution is 7.42. The molecule has 9 heteroatoms. The number of benzene rings is 1. The van der Waals surface area contributed by atoms with E-state index in [9.17, 15) is 0 Å². The molecule has 1 heterocycles. The molecule has 2 rings (SSSR count). The molecule has 1 unspecified atom stereocenters. The maximum Gasteiger partial charge on any atom is 0.397 e. The van der Waals surface area contributed by atoms with Crippen molar-refractivity contribution >= 4 is 17.2 Å². The normalized spacial score (nSPS) is 16.6. The molecule has 0 aromatic heterocycles. The monoisotopic (exact) mass is 336 g/mol.